The molecule has 0 radical (unpaired) electrons. The summed E-state index contributed by atoms with van der Waals surface area (Å²) >= 11 is 0.715. The molecule has 2 aromatic carbocycles. The van der Waals surface area contributed by atoms with Crippen molar-refractivity contribution in [1.82, 2.24) is 9.80 Å². The summed E-state index contributed by atoms with van der Waals surface area (Å²) in [6.45, 7) is 0.676. The summed E-state index contributed by atoms with van der Waals surface area (Å²) in [5.74, 6) is -0.869. The molecule has 3 amide bonds. The number of thioether (sulfide) groups is 1. The normalized spacial score (nSPS) is 17.3. The first kappa shape index (κ1) is 20.3. The number of rotatable bonds is 3. The Morgan fingerprint density at radius 1 is 1.03 bits per heavy atom. The highest BCUT2D eigenvalue weighted by Gasteiger charge is 2.37. The van der Waals surface area contributed by atoms with Gasteiger partial charge in [-0.25, -0.2) is 0 Å². The van der Waals surface area contributed by atoms with Crippen LogP contribution in [0.1, 0.15) is 16.7 Å². The van der Waals surface area contributed by atoms with Crippen molar-refractivity contribution in [3.63, 3.8) is 0 Å². The predicted octanol–water partition coefficient (Wildman–Crippen LogP) is 3.41. The lowest BCUT2D eigenvalue weighted by Crippen LogP contribution is -2.44. The van der Waals surface area contributed by atoms with Crippen molar-refractivity contribution in [2.75, 3.05) is 13.1 Å². The van der Waals surface area contributed by atoms with Crippen molar-refractivity contribution in [2.45, 2.75) is 13.0 Å². The zero-order chi connectivity index (χ0) is 22.2. The van der Waals surface area contributed by atoms with Gasteiger partial charge in [-0.3, -0.25) is 24.1 Å². The van der Waals surface area contributed by atoms with E-state index in [-0.39, 0.29) is 28.3 Å². The molecule has 0 atom stereocenters. The molecule has 1 saturated heterocycles. The molecule has 32 heavy (non-hydrogen) atoms. The number of amides is 3. The average Bonchev–Trinajstić information content (AvgIpc) is 3.08. The van der Waals surface area contributed by atoms with E-state index < -0.39 is 11.1 Å². The first-order valence-electron chi connectivity index (χ1n) is 10.1. The molecule has 0 aliphatic carbocycles. The molecule has 2 aliphatic heterocycles. The Labute approximate surface area is 187 Å². The van der Waals surface area contributed by atoms with E-state index >= 15 is 0 Å². The van der Waals surface area contributed by atoms with E-state index in [0.717, 1.165) is 16.9 Å². The van der Waals surface area contributed by atoms with Gasteiger partial charge in [-0.2, -0.15) is 0 Å². The summed E-state index contributed by atoms with van der Waals surface area (Å²) < 4.78 is 5.47. The summed E-state index contributed by atoms with van der Waals surface area (Å²) in [5, 5.41) is -0.141. The lowest BCUT2D eigenvalue weighted by atomic mass is 10.00. The van der Waals surface area contributed by atoms with Crippen LogP contribution < -0.4 is 5.43 Å². The zero-order valence-corrected chi connectivity index (χ0v) is 17.8. The van der Waals surface area contributed by atoms with Crippen molar-refractivity contribution < 1.29 is 18.8 Å². The lowest BCUT2D eigenvalue weighted by molar-refractivity contribution is -0.136. The number of benzene rings is 2. The molecular formula is C24H18N2O5S. The van der Waals surface area contributed by atoms with Gasteiger partial charge in [-0.15, -0.1) is 0 Å². The summed E-state index contributed by atoms with van der Waals surface area (Å²) in [4.78, 5) is 53.5. The third kappa shape index (κ3) is 3.62. The molecule has 8 heteroatoms. The molecule has 5 rings (SSSR count). The maximum Gasteiger partial charge on any atom is 0.294 e. The standard InChI is InChI=1S/C24H18N2O5S/c27-21(25-10-9-15-5-1-2-6-16(15)12-25)13-26-23(29)20(32-24(26)30)11-17-14-31-19-8-4-3-7-18(19)22(17)28/h1-8,11,14H,9-10,12-13H2/b20-11-. The van der Waals surface area contributed by atoms with E-state index in [1.807, 2.05) is 24.3 Å². The van der Waals surface area contributed by atoms with Gasteiger partial charge in [0.2, 0.25) is 5.91 Å². The van der Waals surface area contributed by atoms with Crippen LogP contribution in [0.25, 0.3) is 17.0 Å². The second kappa shape index (κ2) is 8.12. The van der Waals surface area contributed by atoms with E-state index in [9.17, 15) is 19.2 Å². The van der Waals surface area contributed by atoms with Gasteiger partial charge in [0.15, 0.2) is 5.43 Å². The second-order valence-electron chi connectivity index (χ2n) is 7.62. The fourth-order valence-electron chi connectivity index (χ4n) is 3.91. The maximum atomic E-state index is 12.8. The summed E-state index contributed by atoms with van der Waals surface area (Å²) in [5.41, 5.74) is 2.61. The number of imide groups is 1. The van der Waals surface area contributed by atoms with Gasteiger partial charge in [-0.1, -0.05) is 36.4 Å². The Morgan fingerprint density at radius 2 is 1.78 bits per heavy atom. The topological polar surface area (TPSA) is 87.9 Å². The molecule has 0 unspecified atom stereocenters. The summed E-state index contributed by atoms with van der Waals surface area (Å²) in [7, 11) is 0. The van der Waals surface area contributed by atoms with Crippen LogP contribution in [0.15, 0.2) is 68.9 Å². The van der Waals surface area contributed by atoms with Gasteiger partial charge in [0.25, 0.3) is 11.1 Å². The van der Waals surface area contributed by atoms with Gasteiger partial charge in [0.1, 0.15) is 18.4 Å². The summed E-state index contributed by atoms with van der Waals surface area (Å²) in [6.07, 6.45) is 3.36. The second-order valence-corrected chi connectivity index (χ2v) is 8.61. The van der Waals surface area contributed by atoms with Crippen LogP contribution in [0.4, 0.5) is 4.79 Å². The minimum Gasteiger partial charge on any atom is -0.463 e. The summed E-state index contributed by atoms with van der Waals surface area (Å²) in [6, 6.07) is 14.7. The molecule has 0 spiro atoms. The molecule has 0 bridgehead atoms. The molecule has 7 nitrogen and oxygen atoms in total. The Hall–Kier alpha value is -3.65. The van der Waals surface area contributed by atoms with Gasteiger partial charge < -0.3 is 9.32 Å². The van der Waals surface area contributed by atoms with Crippen molar-refractivity contribution >= 4 is 45.9 Å². The van der Waals surface area contributed by atoms with Crippen LogP contribution in [0, 0.1) is 0 Å². The molecular weight excluding hydrogens is 428 g/mol. The number of hydrogen-bond donors (Lipinski definition) is 0. The molecule has 1 aromatic heterocycles. The van der Waals surface area contributed by atoms with E-state index in [1.54, 1.807) is 29.2 Å². The molecule has 3 heterocycles. The molecule has 1 fully saturated rings. The third-order valence-corrected chi connectivity index (χ3v) is 6.55. The minimum atomic E-state index is -0.585. The van der Waals surface area contributed by atoms with Crippen LogP contribution in [0.5, 0.6) is 0 Å². The number of hydrogen-bond acceptors (Lipinski definition) is 6. The largest absolute Gasteiger partial charge is 0.463 e. The smallest absolute Gasteiger partial charge is 0.294 e. The van der Waals surface area contributed by atoms with Gasteiger partial charge in [0, 0.05) is 13.1 Å². The van der Waals surface area contributed by atoms with Crippen molar-refractivity contribution in [2.24, 2.45) is 0 Å². The Morgan fingerprint density at radius 3 is 2.62 bits per heavy atom. The number of para-hydroxylation sites is 1. The van der Waals surface area contributed by atoms with Crippen LogP contribution in [0.3, 0.4) is 0 Å². The van der Waals surface area contributed by atoms with E-state index in [0.29, 0.717) is 35.8 Å². The van der Waals surface area contributed by atoms with Gasteiger partial charge in [-0.05, 0) is 47.5 Å². The first-order chi connectivity index (χ1) is 15.5. The number of carbonyl (C=O) groups is 3. The highest BCUT2D eigenvalue weighted by molar-refractivity contribution is 8.18. The fourth-order valence-corrected chi connectivity index (χ4v) is 4.74. The van der Waals surface area contributed by atoms with Gasteiger partial charge >= 0.3 is 0 Å². The van der Waals surface area contributed by atoms with Crippen molar-refractivity contribution in [3.8, 4) is 0 Å². The van der Waals surface area contributed by atoms with Crippen LogP contribution in [0.2, 0.25) is 0 Å². The molecule has 160 valence electrons. The maximum absolute atomic E-state index is 12.8. The molecule has 0 saturated carbocycles. The lowest BCUT2D eigenvalue weighted by Gasteiger charge is -2.29. The molecule has 2 aliphatic rings. The van der Waals surface area contributed by atoms with E-state index in [1.165, 1.54) is 17.9 Å². The van der Waals surface area contributed by atoms with Crippen LogP contribution >= 0.6 is 11.8 Å². The minimum absolute atomic E-state index is 0.0920. The fraction of sp³-hybridized carbons (Fsp3) is 0.167. The third-order valence-electron chi connectivity index (χ3n) is 5.64. The monoisotopic (exact) mass is 446 g/mol. The zero-order valence-electron chi connectivity index (χ0n) is 16.9. The Bertz CT molecular complexity index is 1360. The van der Waals surface area contributed by atoms with Gasteiger partial charge in [0.05, 0.1) is 15.9 Å². The number of nitrogens with zero attached hydrogens (tertiary/aromatic N) is 2. The van der Waals surface area contributed by atoms with Crippen molar-refractivity contribution in [3.05, 3.63) is 86.6 Å². The predicted molar refractivity (Wildman–Crippen MR) is 121 cm³/mol. The highest BCUT2D eigenvalue weighted by Crippen LogP contribution is 2.32. The Kier molecular flexibility index (Phi) is 5.14. The Balaban J connectivity index is 1.34. The quantitative estimate of drug-likeness (QED) is 0.573. The SMILES string of the molecule is O=C(CN1C(=O)S/C(=C\c2coc3ccccc3c2=O)C1=O)N1CCc2ccccc2C1. The molecule has 0 N–H and O–H groups in total. The van der Waals surface area contributed by atoms with Crippen LogP contribution in [-0.4, -0.2) is 39.9 Å². The van der Waals surface area contributed by atoms with Crippen molar-refractivity contribution in [1.29, 1.82) is 0 Å². The average molecular weight is 446 g/mol. The first-order valence-corrected chi connectivity index (χ1v) is 10.9. The number of carbonyl (C=O) groups excluding carboxylic acids is 3. The van der Waals surface area contributed by atoms with E-state index in [2.05, 4.69) is 0 Å². The molecule has 3 aromatic rings. The van der Waals surface area contributed by atoms with E-state index in [4.69, 9.17) is 4.42 Å². The number of fused-ring (bicyclic) bond motifs is 2. The highest BCUT2D eigenvalue weighted by atomic mass is 32.2. The van der Waals surface area contributed by atoms with Crippen LogP contribution in [-0.2, 0) is 22.6 Å².